The normalized spacial score (nSPS) is 13.4. The lowest BCUT2D eigenvalue weighted by atomic mass is 9.97. The van der Waals surface area contributed by atoms with Crippen LogP contribution in [0, 0.1) is 0 Å². The maximum absolute atomic E-state index is 11.5. The van der Waals surface area contributed by atoms with Crippen molar-refractivity contribution in [3.8, 4) is 5.75 Å². The zero-order valence-electron chi connectivity index (χ0n) is 13.2. The Bertz CT molecular complexity index is 804. The molecule has 0 aliphatic rings. The predicted molar refractivity (Wildman–Crippen MR) is 84.4 cm³/mol. The summed E-state index contributed by atoms with van der Waals surface area (Å²) < 4.78 is 15.6. The van der Waals surface area contributed by atoms with Gasteiger partial charge in [-0.3, -0.25) is 4.79 Å². The molecule has 0 aliphatic carbocycles. The van der Waals surface area contributed by atoms with Gasteiger partial charge in [-0.1, -0.05) is 6.58 Å². The predicted octanol–water partition coefficient (Wildman–Crippen LogP) is 2.34. The number of hydrogen-bond donors (Lipinski definition) is 1. The molecule has 23 heavy (non-hydrogen) atoms. The molecule has 0 unspecified atom stereocenters. The molecule has 122 valence electrons. The van der Waals surface area contributed by atoms with E-state index in [9.17, 15) is 14.7 Å². The molecule has 1 aromatic heterocycles. The molecule has 1 aromatic carbocycles. The van der Waals surface area contributed by atoms with Crippen LogP contribution in [0.15, 0.2) is 45.6 Å². The minimum absolute atomic E-state index is 0.183. The molecule has 0 saturated heterocycles. The summed E-state index contributed by atoms with van der Waals surface area (Å²) in [4.78, 5) is 22.8. The standard InChI is InChI=1S/C17H18O6/c1-9(2)16(22-10(3)18)15(20)14-12(21-4)7-5-11-6-8-13(19)23-17(11)14/h5-8,15-16,20H,1H2,2-4H3/t15-,16+/m1/s1. The molecule has 6 heteroatoms. The van der Waals surface area contributed by atoms with Crippen molar-refractivity contribution in [1.29, 1.82) is 0 Å². The van der Waals surface area contributed by atoms with E-state index in [-0.39, 0.29) is 11.1 Å². The van der Waals surface area contributed by atoms with E-state index in [1.165, 1.54) is 20.1 Å². The van der Waals surface area contributed by atoms with Crippen LogP contribution < -0.4 is 10.4 Å². The number of methoxy groups -OCH3 is 1. The Labute approximate surface area is 132 Å². The molecule has 0 fully saturated rings. The second-order valence-electron chi connectivity index (χ2n) is 5.18. The molecule has 0 radical (unpaired) electrons. The Balaban J connectivity index is 2.67. The van der Waals surface area contributed by atoms with Gasteiger partial charge in [0.15, 0.2) is 6.10 Å². The van der Waals surface area contributed by atoms with Gasteiger partial charge < -0.3 is 19.0 Å². The lowest BCUT2D eigenvalue weighted by Crippen LogP contribution is -2.26. The first kappa shape index (κ1) is 16.8. The van der Waals surface area contributed by atoms with Crippen LogP contribution in [0.2, 0.25) is 0 Å². The Kier molecular flexibility index (Phi) is 4.86. The second-order valence-corrected chi connectivity index (χ2v) is 5.18. The molecule has 6 nitrogen and oxygen atoms in total. The molecular formula is C17H18O6. The van der Waals surface area contributed by atoms with Crippen LogP contribution in [0.5, 0.6) is 5.75 Å². The first-order valence-electron chi connectivity index (χ1n) is 6.96. The van der Waals surface area contributed by atoms with Crippen molar-refractivity contribution in [2.24, 2.45) is 0 Å². The Morgan fingerprint density at radius 2 is 1.91 bits per heavy atom. The van der Waals surface area contributed by atoms with Gasteiger partial charge >= 0.3 is 11.6 Å². The number of carbonyl (C=O) groups excluding carboxylic acids is 1. The highest BCUT2D eigenvalue weighted by Gasteiger charge is 2.30. The summed E-state index contributed by atoms with van der Waals surface area (Å²) >= 11 is 0. The lowest BCUT2D eigenvalue weighted by molar-refractivity contribution is -0.149. The van der Waals surface area contributed by atoms with E-state index < -0.39 is 23.8 Å². The van der Waals surface area contributed by atoms with Gasteiger partial charge in [0.2, 0.25) is 0 Å². The van der Waals surface area contributed by atoms with Gasteiger partial charge in [-0.05, 0) is 30.7 Å². The summed E-state index contributed by atoms with van der Waals surface area (Å²) in [6.45, 7) is 6.61. The molecular weight excluding hydrogens is 300 g/mol. The number of hydrogen-bond acceptors (Lipinski definition) is 6. The lowest BCUT2D eigenvalue weighted by Gasteiger charge is -2.24. The molecule has 2 rings (SSSR count). The minimum atomic E-state index is -1.29. The molecule has 2 atom stereocenters. The van der Waals surface area contributed by atoms with Crippen LogP contribution in [0.1, 0.15) is 25.5 Å². The average molecular weight is 318 g/mol. The van der Waals surface area contributed by atoms with Crippen LogP contribution in [0.25, 0.3) is 11.0 Å². The highest BCUT2D eigenvalue weighted by molar-refractivity contribution is 5.82. The highest BCUT2D eigenvalue weighted by atomic mass is 16.6. The molecule has 2 aromatic rings. The van der Waals surface area contributed by atoms with E-state index in [1.807, 2.05) is 0 Å². The van der Waals surface area contributed by atoms with E-state index in [2.05, 4.69) is 6.58 Å². The highest BCUT2D eigenvalue weighted by Crippen LogP contribution is 2.36. The third kappa shape index (κ3) is 3.43. The Morgan fingerprint density at radius 1 is 1.26 bits per heavy atom. The summed E-state index contributed by atoms with van der Waals surface area (Å²) in [5, 5.41) is 11.3. The van der Waals surface area contributed by atoms with Crippen LogP contribution in [0.4, 0.5) is 0 Å². The number of rotatable bonds is 5. The van der Waals surface area contributed by atoms with Crippen molar-refractivity contribution >= 4 is 16.9 Å². The van der Waals surface area contributed by atoms with Crippen LogP contribution >= 0.6 is 0 Å². The Morgan fingerprint density at radius 3 is 2.48 bits per heavy atom. The molecule has 1 N–H and O–H groups in total. The molecule has 0 spiro atoms. The minimum Gasteiger partial charge on any atom is -0.496 e. The number of aliphatic hydroxyl groups excluding tert-OH is 1. The van der Waals surface area contributed by atoms with E-state index in [0.29, 0.717) is 16.7 Å². The first-order chi connectivity index (χ1) is 10.8. The number of carbonyl (C=O) groups is 1. The molecule has 1 heterocycles. The fourth-order valence-corrected chi connectivity index (χ4v) is 2.36. The maximum Gasteiger partial charge on any atom is 0.336 e. The quantitative estimate of drug-likeness (QED) is 0.517. The smallest absolute Gasteiger partial charge is 0.336 e. The van der Waals surface area contributed by atoms with E-state index in [0.717, 1.165) is 0 Å². The molecule has 0 aliphatic heterocycles. The third-order valence-electron chi connectivity index (χ3n) is 3.37. The van der Waals surface area contributed by atoms with Gasteiger partial charge in [-0.15, -0.1) is 0 Å². The van der Waals surface area contributed by atoms with Crippen LogP contribution in [-0.2, 0) is 9.53 Å². The average Bonchev–Trinajstić information content (AvgIpc) is 2.50. The van der Waals surface area contributed by atoms with Crippen molar-refractivity contribution in [3.05, 3.63) is 52.4 Å². The molecule has 0 amide bonds. The van der Waals surface area contributed by atoms with E-state index >= 15 is 0 Å². The van der Waals surface area contributed by atoms with Gasteiger partial charge in [-0.25, -0.2) is 4.79 Å². The number of aliphatic hydroxyl groups is 1. The third-order valence-corrected chi connectivity index (χ3v) is 3.37. The van der Waals surface area contributed by atoms with E-state index in [4.69, 9.17) is 13.9 Å². The Hall–Kier alpha value is -2.60. The summed E-state index contributed by atoms with van der Waals surface area (Å²) in [5.74, 6) is -0.240. The largest absolute Gasteiger partial charge is 0.496 e. The zero-order valence-corrected chi connectivity index (χ0v) is 13.2. The first-order valence-corrected chi connectivity index (χ1v) is 6.96. The number of ether oxygens (including phenoxy) is 2. The van der Waals surface area contributed by atoms with Crippen molar-refractivity contribution in [3.63, 3.8) is 0 Å². The molecule has 0 bridgehead atoms. The van der Waals surface area contributed by atoms with Crippen LogP contribution in [-0.4, -0.2) is 24.3 Å². The van der Waals surface area contributed by atoms with Crippen LogP contribution in [0.3, 0.4) is 0 Å². The van der Waals surface area contributed by atoms with Crippen molar-refractivity contribution in [2.75, 3.05) is 7.11 Å². The van der Waals surface area contributed by atoms with Gasteiger partial charge in [0.1, 0.15) is 17.4 Å². The van der Waals surface area contributed by atoms with Crippen molar-refractivity contribution in [1.82, 2.24) is 0 Å². The van der Waals surface area contributed by atoms with Gasteiger partial charge in [0.25, 0.3) is 0 Å². The van der Waals surface area contributed by atoms with E-state index in [1.54, 1.807) is 25.1 Å². The summed E-state index contributed by atoms with van der Waals surface area (Å²) in [6.07, 6.45) is -2.28. The van der Waals surface area contributed by atoms with Crippen molar-refractivity contribution in [2.45, 2.75) is 26.1 Å². The second kappa shape index (κ2) is 6.66. The summed E-state index contributed by atoms with van der Waals surface area (Å²) in [7, 11) is 1.43. The fourth-order valence-electron chi connectivity index (χ4n) is 2.36. The fraction of sp³-hybridized carbons (Fsp3) is 0.294. The SMILES string of the molecule is C=C(C)[C@H](OC(C)=O)[C@H](O)c1c(OC)ccc2ccc(=O)oc12. The number of fused-ring (bicyclic) bond motifs is 1. The summed E-state index contributed by atoms with van der Waals surface area (Å²) in [6, 6.07) is 6.21. The zero-order chi connectivity index (χ0) is 17.1. The number of esters is 1. The monoisotopic (exact) mass is 318 g/mol. The molecule has 0 saturated carbocycles. The number of benzene rings is 1. The summed E-state index contributed by atoms with van der Waals surface area (Å²) in [5.41, 5.74) is 0.309. The van der Waals surface area contributed by atoms with Gasteiger partial charge in [-0.2, -0.15) is 0 Å². The van der Waals surface area contributed by atoms with Gasteiger partial charge in [0.05, 0.1) is 12.7 Å². The topological polar surface area (TPSA) is 86.0 Å². The van der Waals surface area contributed by atoms with Crippen molar-refractivity contribution < 1.29 is 23.8 Å². The maximum atomic E-state index is 11.5. The van der Waals surface area contributed by atoms with Gasteiger partial charge in [0, 0.05) is 18.4 Å².